The molecule has 118 valence electrons. The quantitative estimate of drug-likeness (QED) is 0.873. The van der Waals surface area contributed by atoms with Gasteiger partial charge in [-0.15, -0.1) is 0 Å². The van der Waals surface area contributed by atoms with Crippen LogP contribution in [0.2, 0.25) is 0 Å². The molecule has 3 nitrogen and oxygen atoms in total. The van der Waals surface area contributed by atoms with Crippen molar-refractivity contribution in [3.63, 3.8) is 0 Å². The fourth-order valence-electron chi connectivity index (χ4n) is 3.10. The highest BCUT2D eigenvalue weighted by Crippen LogP contribution is 2.22. The predicted molar refractivity (Wildman–Crippen MR) is 86.9 cm³/mol. The number of ether oxygens (including phenoxy) is 1. The lowest BCUT2D eigenvalue weighted by molar-refractivity contribution is 0.0559. The summed E-state index contributed by atoms with van der Waals surface area (Å²) in [4.78, 5) is 2.30. The summed E-state index contributed by atoms with van der Waals surface area (Å²) >= 11 is 0. The molecule has 0 aromatic heterocycles. The van der Waals surface area contributed by atoms with E-state index >= 15 is 0 Å². The summed E-state index contributed by atoms with van der Waals surface area (Å²) in [5.41, 5.74) is 2.30. The van der Waals surface area contributed by atoms with Crippen molar-refractivity contribution in [2.45, 2.75) is 58.1 Å². The minimum absolute atomic E-state index is 0.362. The number of nitrogens with zero attached hydrogens (tertiary/aromatic N) is 1. The van der Waals surface area contributed by atoms with Crippen molar-refractivity contribution in [3.05, 3.63) is 29.3 Å². The third kappa shape index (κ3) is 5.01. The predicted octanol–water partition coefficient (Wildman–Crippen LogP) is 3.31. The third-order valence-corrected chi connectivity index (χ3v) is 4.47. The van der Waals surface area contributed by atoms with E-state index in [1.807, 2.05) is 13.0 Å². The molecule has 0 radical (unpaired) electrons. The van der Waals surface area contributed by atoms with E-state index in [-0.39, 0.29) is 0 Å². The topological polar surface area (TPSA) is 32.7 Å². The van der Waals surface area contributed by atoms with Crippen molar-refractivity contribution in [2.24, 2.45) is 0 Å². The van der Waals surface area contributed by atoms with Crippen LogP contribution in [0.25, 0.3) is 0 Å². The fraction of sp³-hybridized carbons (Fsp3) is 0.667. The summed E-state index contributed by atoms with van der Waals surface area (Å²) in [6, 6.07) is 6.81. The van der Waals surface area contributed by atoms with Gasteiger partial charge in [-0.2, -0.15) is 0 Å². The van der Waals surface area contributed by atoms with Crippen LogP contribution in [0.5, 0.6) is 5.75 Å². The molecule has 1 aromatic rings. The maximum absolute atomic E-state index is 10.2. The van der Waals surface area contributed by atoms with Crippen LogP contribution in [0.15, 0.2) is 18.2 Å². The van der Waals surface area contributed by atoms with Gasteiger partial charge in [0.15, 0.2) is 0 Å². The molecule has 1 N–H and O–H groups in total. The minimum atomic E-state index is -0.433. The van der Waals surface area contributed by atoms with Crippen molar-refractivity contribution < 1.29 is 9.84 Å². The summed E-state index contributed by atoms with van der Waals surface area (Å²) in [5.74, 6) is 0.884. The van der Waals surface area contributed by atoms with Gasteiger partial charge in [-0.25, -0.2) is 0 Å². The third-order valence-electron chi connectivity index (χ3n) is 4.47. The van der Waals surface area contributed by atoms with Crippen LogP contribution >= 0.6 is 0 Å². The molecule has 3 heteroatoms. The first-order valence-electron chi connectivity index (χ1n) is 8.14. The molecule has 1 aromatic carbocycles. The highest BCUT2D eigenvalue weighted by molar-refractivity contribution is 5.35. The number of hydrogen-bond acceptors (Lipinski definition) is 3. The molecule has 1 aliphatic rings. The van der Waals surface area contributed by atoms with E-state index in [9.17, 15) is 5.11 Å². The summed E-state index contributed by atoms with van der Waals surface area (Å²) in [6.07, 6.45) is 6.11. The normalized spacial score (nSPS) is 18.0. The molecule has 1 atom stereocenters. The van der Waals surface area contributed by atoms with Crippen LogP contribution in [0.3, 0.4) is 0 Å². The second-order valence-corrected chi connectivity index (χ2v) is 6.47. The first-order chi connectivity index (χ1) is 10.1. The molecule has 0 unspecified atom stereocenters. The second-order valence-electron chi connectivity index (χ2n) is 6.47. The summed E-state index contributed by atoms with van der Waals surface area (Å²) < 4.78 is 5.79. The fourth-order valence-corrected chi connectivity index (χ4v) is 3.10. The zero-order valence-corrected chi connectivity index (χ0v) is 13.6. The summed E-state index contributed by atoms with van der Waals surface area (Å²) in [7, 11) is 2.12. The number of aliphatic hydroxyl groups excluding tert-OH is 1. The molecule has 21 heavy (non-hydrogen) atoms. The Morgan fingerprint density at radius 2 is 1.95 bits per heavy atom. The van der Waals surface area contributed by atoms with E-state index in [2.05, 4.69) is 31.0 Å². The number of aliphatic hydroxyl groups is 1. The second kappa shape index (κ2) is 7.81. The smallest absolute Gasteiger partial charge is 0.122 e. The Hall–Kier alpha value is -1.06. The van der Waals surface area contributed by atoms with Gasteiger partial charge in [0.2, 0.25) is 0 Å². The lowest BCUT2D eigenvalue weighted by atomic mass is 9.94. The molecule has 0 saturated heterocycles. The maximum atomic E-state index is 10.2. The van der Waals surface area contributed by atoms with Crippen molar-refractivity contribution in [1.82, 2.24) is 4.90 Å². The molecule has 1 fully saturated rings. The van der Waals surface area contributed by atoms with Gasteiger partial charge < -0.3 is 14.7 Å². The van der Waals surface area contributed by atoms with E-state index in [4.69, 9.17) is 4.74 Å². The Kier molecular flexibility index (Phi) is 6.07. The van der Waals surface area contributed by atoms with Crippen LogP contribution in [-0.4, -0.2) is 42.4 Å². The SMILES string of the molecule is Cc1ccc(C)c(OC[C@@H](O)CN(C)C2CCCCC2)c1. The van der Waals surface area contributed by atoms with Crippen LogP contribution in [-0.2, 0) is 0 Å². The molecule has 1 aliphatic carbocycles. The van der Waals surface area contributed by atoms with Crippen molar-refractivity contribution in [1.29, 1.82) is 0 Å². The van der Waals surface area contributed by atoms with Gasteiger partial charge in [0, 0.05) is 12.6 Å². The van der Waals surface area contributed by atoms with E-state index in [1.54, 1.807) is 0 Å². The molecular weight excluding hydrogens is 262 g/mol. The molecule has 2 rings (SSSR count). The minimum Gasteiger partial charge on any atom is -0.491 e. The number of rotatable bonds is 6. The van der Waals surface area contributed by atoms with Crippen molar-refractivity contribution in [2.75, 3.05) is 20.2 Å². The van der Waals surface area contributed by atoms with Crippen LogP contribution in [0.1, 0.15) is 43.2 Å². The monoisotopic (exact) mass is 291 g/mol. The van der Waals surface area contributed by atoms with Gasteiger partial charge >= 0.3 is 0 Å². The number of likely N-dealkylation sites (N-methyl/N-ethyl adjacent to an activating group) is 1. The van der Waals surface area contributed by atoms with E-state index in [1.165, 1.54) is 37.7 Å². The van der Waals surface area contributed by atoms with Gasteiger partial charge in [0.05, 0.1) is 0 Å². The maximum Gasteiger partial charge on any atom is 0.122 e. The highest BCUT2D eigenvalue weighted by atomic mass is 16.5. The first kappa shape index (κ1) is 16.3. The standard InChI is InChI=1S/C18H29NO2/c1-14-9-10-15(2)18(11-14)21-13-17(20)12-19(3)16-7-5-4-6-8-16/h9-11,16-17,20H,4-8,12-13H2,1-3H3/t17-/m0/s1. The highest BCUT2D eigenvalue weighted by Gasteiger charge is 2.20. The van der Waals surface area contributed by atoms with E-state index in [0.717, 1.165) is 11.3 Å². The Labute approximate surface area is 128 Å². The van der Waals surface area contributed by atoms with Gasteiger partial charge in [-0.1, -0.05) is 31.4 Å². The number of hydrogen-bond donors (Lipinski definition) is 1. The Morgan fingerprint density at radius 1 is 1.24 bits per heavy atom. The zero-order chi connectivity index (χ0) is 15.2. The summed E-state index contributed by atoms with van der Waals surface area (Å²) in [5, 5.41) is 10.2. The van der Waals surface area contributed by atoms with E-state index in [0.29, 0.717) is 19.2 Å². The van der Waals surface area contributed by atoms with E-state index < -0.39 is 6.10 Å². The number of aryl methyl sites for hydroxylation is 2. The summed E-state index contributed by atoms with van der Waals surface area (Å²) in [6.45, 7) is 5.14. The van der Waals surface area contributed by atoms with Gasteiger partial charge in [-0.05, 0) is 50.9 Å². The van der Waals surface area contributed by atoms with Crippen molar-refractivity contribution >= 4 is 0 Å². The average Bonchev–Trinajstić information content (AvgIpc) is 2.49. The van der Waals surface area contributed by atoms with Gasteiger partial charge in [-0.3, -0.25) is 0 Å². The van der Waals surface area contributed by atoms with Crippen molar-refractivity contribution in [3.8, 4) is 5.75 Å². The lowest BCUT2D eigenvalue weighted by Crippen LogP contribution is -2.40. The Bertz CT molecular complexity index is 441. The average molecular weight is 291 g/mol. The molecule has 0 heterocycles. The lowest BCUT2D eigenvalue weighted by Gasteiger charge is -2.32. The molecule has 0 spiro atoms. The van der Waals surface area contributed by atoms with Gasteiger partial charge in [0.25, 0.3) is 0 Å². The molecule has 0 bridgehead atoms. The van der Waals surface area contributed by atoms with Crippen LogP contribution in [0.4, 0.5) is 0 Å². The molecular formula is C18H29NO2. The molecule has 0 amide bonds. The number of benzene rings is 1. The first-order valence-corrected chi connectivity index (χ1v) is 8.14. The Balaban J connectivity index is 1.78. The van der Waals surface area contributed by atoms with Crippen LogP contribution in [0, 0.1) is 13.8 Å². The Morgan fingerprint density at radius 3 is 2.67 bits per heavy atom. The zero-order valence-electron chi connectivity index (χ0n) is 13.6. The largest absolute Gasteiger partial charge is 0.491 e. The molecule has 0 aliphatic heterocycles. The molecule has 1 saturated carbocycles. The van der Waals surface area contributed by atoms with Crippen LogP contribution < -0.4 is 4.74 Å². The van der Waals surface area contributed by atoms with Gasteiger partial charge in [0.1, 0.15) is 18.5 Å².